The van der Waals surface area contributed by atoms with Crippen molar-refractivity contribution in [2.45, 2.75) is 19.4 Å². The van der Waals surface area contributed by atoms with Crippen LogP contribution >= 0.6 is 0 Å². The van der Waals surface area contributed by atoms with Crippen LogP contribution in [0.15, 0.2) is 12.1 Å². The monoisotopic (exact) mass is 228 g/mol. The molecule has 0 fully saturated rings. The topological polar surface area (TPSA) is 18.5 Å². The molecule has 0 aromatic heterocycles. The first-order valence-electron chi connectivity index (χ1n) is 5.27. The highest BCUT2D eigenvalue weighted by Crippen LogP contribution is 2.32. The summed E-state index contributed by atoms with van der Waals surface area (Å²) in [6, 6.07) is 3.97. The lowest BCUT2D eigenvalue weighted by molar-refractivity contribution is 0.147. The Kier molecular flexibility index (Phi) is 4.64. The number of aryl methyl sites for hydroxylation is 1. The zero-order valence-electron chi connectivity index (χ0n) is 10.4. The highest BCUT2D eigenvalue weighted by molar-refractivity contribution is 5.48. The van der Waals surface area contributed by atoms with Gasteiger partial charge in [0.2, 0.25) is 0 Å². The Morgan fingerprint density at radius 3 is 2.47 bits per heavy atom. The first-order chi connectivity index (χ1) is 8.17. The summed E-state index contributed by atoms with van der Waals surface area (Å²) in [5.74, 6) is 5.92. The van der Waals surface area contributed by atoms with Crippen LogP contribution in [-0.4, -0.2) is 14.2 Å². The summed E-state index contributed by atoms with van der Waals surface area (Å²) in [5.41, 5.74) is 2.90. The predicted octanol–water partition coefficient (Wildman–Crippen LogP) is 2.50. The smallest absolute Gasteiger partial charge is 0.146 e. The largest absolute Gasteiger partial charge is 0.496 e. The Bertz CT molecular complexity index is 475. The molecule has 0 unspecified atom stereocenters. The minimum Gasteiger partial charge on any atom is -0.496 e. The van der Waals surface area contributed by atoms with Crippen LogP contribution in [0.1, 0.15) is 22.8 Å². The van der Waals surface area contributed by atoms with Gasteiger partial charge in [0.25, 0.3) is 0 Å². The van der Waals surface area contributed by atoms with Gasteiger partial charge in [-0.25, -0.2) is 0 Å². The van der Waals surface area contributed by atoms with Crippen LogP contribution in [-0.2, 0) is 11.2 Å². The van der Waals surface area contributed by atoms with Gasteiger partial charge < -0.3 is 9.47 Å². The Morgan fingerprint density at radius 2 is 2.00 bits per heavy atom. The van der Waals surface area contributed by atoms with Crippen molar-refractivity contribution in [3.05, 3.63) is 28.8 Å². The third-order valence-corrected chi connectivity index (χ3v) is 2.51. The maximum Gasteiger partial charge on any atom is 0.146 e. The molecular formula is C15H16O2. The Labute approximate surface area is 103 Å². The van der Waals surface area contributed by atoms with Gasteiger partial charge in [-0.05, 0) is 13.0 Å². The van der Waals surface area contributed by atoms with Gasteiger partial charge in [-0.3, -0.25) is 0 Å². The van der Waals surface area contributed by atoms with Crippen molar-refractivity contribution in [1.29, 1.82) is 0 Å². The molecule has 2 heteroatoms. The van der Waals surface area contributed by atoms with Crippen molar-refractivity contribution >= 4 is 0 Å². The second kappa shape index (κ2) is 5.99. The average Bonchev–Trinajstić information content (AvgIpc) is 2.31. The fourth-order valence-corrected chi connectivity index (χ4v) is 1.85. The SMILES string of the molecule is C#CCc1cc(C)cc([C@H](C#C)OC)c1OC. The van der Waals surface area contributed by atoms with Crippen LogP contribution in [0.4, 0.5) is 0 Å². The normalized spacial score (nSPS) is 11.4. The second-order valence-corrected chi connectivity index (χ2v) is 3.71. The van der Waals surface area contributed by atoms with Crippen molar-refractivity contribution in [1.82, 2.24) is 0 Å². The van der Waals surface area contributed by atoms with Crippen molar-refractivity contribution in [2.75, 3.05) is 14.2 Å². The van der Waals surface area contributed by atoms with Crippen LogP contribution in [0, 0.1) is 31.6 Å². The molecule has 0 N–H and O–H groups in total. The molecule has 0 aliphatic heterocycles. The molecular weight excluding hydrogens is 212 g/mol. The minimum atomic E-state index is -0.415. The Hall–Kier alpha value is -1.90. The standard InChI is InChI=1S/C15H16O2/c1-6-8-12-9-11(3)10-13(15(12)17-5)14(7-2)16-4/h1-2,9-10,14H,8H2,3-5H3/t14-/m0/s1. The van der Waals surface area contributed by atoms with Crippen molar-refractivity contribution in [2.24, 2.45) is 0 Å². The third kappa shape index (κ3) is 2.81. The van der Waals surface area contributed by atoms with Crippen LogP contribution < -0.4 is 4.74 Å². The van der Waals surface area contributed by atoms with Gasteiger partial charge >= 0.3 is 0 Å². The summed E-state index contributed by atoms with van der Waals surface area (Å²) in [7, 11) is 3.19. The zero-order valence-corrected chi connectivity index (χ0v) is 10.4. The van der Waals surface area contributed by atoms with Crippen molar-refractivity contribution in [3.8, 4) is 30.4 Å². The van der Waals surface area contributed by atoms with Gasteiger partial charge in [-0.15, -0.1) is 18.8 Å². The number of hydrogen-bond donors (Lipinski definition) is 0. The van der Waals surface area contributed by atoms with Gasteiger partial charge in [-0.2, -0.15) is 0 Å². The van der Waals surface area contributed by atoms with E-state index in [1.54, 1.807) is 14.2 Å². The summed E-state index contributed by atoms with van der Waals surface area (Å²) >= 11 is 0. The number of rotatable bonds is 4. The molecule has 2 nitrogen and oxygen atoms in total. The number of terminal acetylenes is 2. The summed E-state index contributed by atoms with van der Waals surface area (Å²) < 4.78 is 10.6. The van der Waals surface area contributed by atoms with Crippen molar-refractivity contribution < 1.29 is 9.47 Å². The molecule has 0 saturated carbocycles. The average molecular weight is 228 g/mol. The fourth-order valence-electron chi connectivity index (χ4n) is 1.85. The Balaban J connectivity index is 3.38. The molecule has 1 atom stereocenters. The van der Waals surface area contributed by atoms with Crippen LogP contribution in [0.25, 0.3) is 0 Å². The van der Waals surface area contributed by atoms with E-state index in [1.165, 1.54) is 0 Å². The number of hydrogen-bond acceptors (Lipinski definition) is 2. The van der Waals surface area contributed by atoms with Gasteiger partial charge in [0.05, 0.1) is 7.11 Å². The molecule has 0 aliphatic rings. The summed E-state index contributed by atoms with van der Waals surface area (Å²) in [6.45, 7) is 1.99. The van der Waals surface area contributed by atoms with E-state index in [1.807, 2.05) is 19.1 Å². The molecule has 0 aliphatic carbocycles. The van der Waals surface area contributed by atoms with E-state index < -0.39 is 6.10 Å². The third-order valence-electron chi connectivity index (χ3n) is 2.51. The second-order valence-electron chi connectivity index (χ2n) is 3.71. The summed E-state index contributed by atoms with van der Waals surface area (Å²) in [6.07, 6.45) is 10.9. The summed E-state index contributed by atoms with van der Waals surface area (Å²) in [4.78, 5) is 0. The van der Waals surface area contributed by atoms with E-state index >= 15 is 0 Å². The zero-order chi connectivity index (χ0) is 12.8. The lowest BCUT2D eigenvalue weighted by Gasteiger charge is -2.17. The Morgan fingerprint density at radius 1 is 1.29 bits per heavy atom. The maximum absolute atomic E-state index is 5.44. The lowest BCUT2D eigenvalue weighted by atomic mass is 9.99. The highest BCUT2D eigenvalue weighted by Gasteiger charge is 2.16. The van der Waals surface area contributed by atoms with Crippen LogP contribution in [0.3, 0.4) is 0 Å². The number of methoxy groups -OCH3 is 2. The van der Waals surface area contributed by atoms with E-state index in [9.17, 15) is 0 Å². The molecule has 1 aromatic carbocycles. The summed E-state index contributed by atoms with van der Waals surface area (Å²) in [5, 5.41) is 0. The molecule has 1 rings (SSSR count). The molecule has 0 bridgehead atoms. The predicted molar refractivity (Wildman–Crippen MR) is 68.9 cm³/mol. The van der Waals surface area contributed by atoms with Crippen molar-refractivity contribution in [3.63, 3.8) is 0 Å². The molecule has 0 radical (unpaired) electrons. The van der Waals surface area contributed by atoms with Gasteiger partial charge in [0, 0.05) is 24.7 Å². The highest BCUT2D eigenvalue weighted by atomic mass is 16.5. The molecule has 0 heterocycles. The lowest BCUT2D eigenvalue weighted by Crippen LogP contribution is -2.04. The number of benzene rings is 1. The van der Waals surface area contributed by atoms with Gasteiger partial charge in [-0.1, -0.05) is 17.6 Å². The maximum atomic E-state index is 5.44. The molecule has 0 amide bonds. The molecule has 0 saturated heterocycles. The fraction of sp³-hybridized carbons (Fsp3) is 0.333. The van der Waals surface area contributed by atoms with Gasteiger partial charge in [0.15, 0.2) is 0 Å². The van der Waals surface area contributed by atoms with E-state index in [0.29, 0.717) is 6.42 Å². The first-order valence-corrected chi connectivity index (χ1v) is 5.27. The van der Waals surface area contributed by atoms with Crippen LogP contribution in [0.2, 0.25) is 0 Å². The quantitative estimate of drug-likeness (QED) is 0.737. The van der Waals surface area contributed by atoms with E-state index in [0.717, 1.165) is 22.4 Å². The molecule has 1 aromatic rings. The molecule has 88 valence electrons. The minimum absolute atomic E-state index is 0.415. The molecule has 17 heavy (non-hydrogen) atoms. The van der Waals surface area contributed by atoms with E-state index in [-0.39, 0.29) is 0 Å². The first kappa shape index (κ1) is 13.2. The molecule has 0 spiro atoms. The van der Waals surface area contributed by atoms with Gasteiger partial charge in [0.1, 0.15) is 11.9 Å². The van der Waals surface area contributed by atoms with E-state index in [2.05, 4.69) is 11.8 Å². The van der Waals surface area contributed by atoms with Crippen LogP contribution in [0.5, 0.6) is 5.75 Å². The number of ether oxygens (including phenoxy) is 2. The van der Waals surface area contributed by atoms with E-state index in [4.69, 9.17) is 22.3 Å².